The van der Waals surface area contributed by atoms with Gasteiger partial charge in [-0.3, -0.25) is 0 Å². The van der Waals surface area contributed by atoms with E-state index >= 15 is 0 Å². The number of amides is 2. The van der Waals surface area contributed by atoms with E-state index in [0.717, 1.165) is 28.3 Å². The summed E-state index contributed by atoms with van der Waals surface area (Å²) in [5.74, 6) is 0.694. The van der Waals surface area contributed by atoms with E-state index in [0.29, 0.717) is 12.5 Å². The lowest BCUT2D eigenvalue weighted by atomic mass is 10.1. The Morgan fingerprint density at radius 2 is 1.80 bits per heavy atom. The van der Waals surface area contributed by atoms with Gasteiger partial charge in [-0.05, 0) is 37.6 Å². The van der Waals surface area contributed by atoms with Gasteiger partial charge in [0.05, 0.1) is 12.2 Å². The van der Waals surface area contributed by atoms with Gasteiger partial charge in [-0.15, -0.1) is 0 Å². The topological polar surface area (TPSA) is 73.4 Å². The van der Waals surface area contributed by atoms with Gasteiger partial charge in [0, 0.05) is 45.3 Å². The number of carbonyl (C=O) groups is 1. The molecule has 2 N–H and O–H groups in total. The number of rotatable bonds is 5. The quantitative estimate of drug-likeness (QED) is 0.874. The Morgan fingerprint density at radius 1 is 1.08 bits per heavy atom. The van der Waals surface area contributed by atoms with Gasteiger partial charge in [-0.25, -0.2) is 14.8 Å². The number of hydrogen-bond donors (Lipinski definition) is 2. The van der Waals surface area contributed by atoms with Crippen LogP contribution in [-0.2, 0) is 6.54 Å². The number of urea groups is 1. The Kier molecular flexibility index (Phi) is 5.80. The first-order chi connectivity index (χ1) is 11.8. The summed E-state index contributed by atoms with van der Waals surface area (Å²) >= 11 is 0. The van der Waals surface area contributed by atoms with E-state index in [9.17, 15) is 4.79 Å². The average molecular weight is 342 g/mol. The van der Waals surface area contributed by atoms with E-state index < -0.39 is 0 Å². The number of hydrogen-bond acceptors (Lipinski definition) is 5. The zero-order chi connectivity index (χ0) is 18.6. The molecule has 0 saturated carbocycles. The zero-order valence-corrected chi connectivity index (χ0v) is 15.7. The van der Waals surface area contributed by atoms with Gasteiger partial charge in [0.1, 0.15) is 0 Å². The van der Waals surface area contributed by atoms with E-state index in [1.807, 2.05) is 57.1 Å². The van der Waals surface area contributed by atoms with Crippen LogP contribution in [0.4, 0.5) is 22.1 Å². The van der Waals surface area contributed by atoms with Crippen LogP contribution in [0.1, 0.15) is 17.0 Å². The molecule has 0 fully saturated rings. The van der Waals surface area contributed by atoms with Gasteiger partial charge in [-0.1, -0.05) is 6.07 Å². The minimum Gasteiger partial charge on any atom is -0.379 e. The molecule has 2 amide bonds. The zero-order valence-electron chi connectivity index (χ0n) is 15.7. The Hall–Kier alpha value is -2.83. The summed E-state index contributed by atoms with van der Waals surface area (Å²) in [6.07, 6.45) is 0. The predicted octanol–water partition coefficient (Wildman–Crippen LogP) is 2.87. The first kappa shape index (κ1) is 18.5. The van der Waals surface area contributed by atoms with Crippen molar-refractivity contribution in [3.8, 4) is 0 Å². The highest BCUT2D eigenvalue weighted by Crippen LogP contribution is 2.21. The molecule has 0 unspecified atom stereocenters. The van der Waals surface area contributed by atoms with Crippen LogP contribution in [0.2, 0.25) is 0 Å². The third kappa shape index (κ3) is 5.07. The second-order valence-corrected chi connectivity index (χ2v) is 6.40. The van der Waals surface area contributed by atoms with Crippen molar-refractivity contribution in [2.45, 2.75) is 20.4 Å². The van der Waals surface area contributed by atoms with Gasteiger partial charge in [0.25, 0.3) is 0 Å². The summed E-state index contributed by atoms with van der Waals surface area (Å²) in [5, 5.41) is 6.25. The average Bonchev–Trinajstić information content (AvgIpc) is 2.54. The van der Waals surface area contributed by atoms with E-state index in [1.165, 1.54) is 4.90 Å². The highest BCUT2D eigenvalue weighted by atomic mass is 16.2. The van der Waals surface area contributed by atoms with Crippen molar-refractivity contribution in [2.75, 3.05) is 43.7 Å². The summed E-state index contributed by atoms with van der Waals surface area (Å²) in [6.45, 7) is 4.50. The Bertz CT molecular complexity index is 757. The first-order valence-corrected chi connectivity index (χ1v) is 8.11. The van der Waals surface area contributed by atoms with Crippen molar-refractivity contribution in [2.24, 2.45) is 0 Å². The lowest BCUT2D eigenvalue weighted by Crippen LogP contribution is -2.27. The molecule has 1 heterocycles. The molecule has 0 radical (unpaired) electrons. The molecule has 1 aromatic heterocycles. The highest BCUT2D eigenvalue weighted by molar-refractivity contribution is 5.90. The van der Waals surface area contributed by atoms with Crippen molar-refractivity contribution in [1.29, 1.82) is 0 Å². The largest absolute Gasteiger partial charge is 0.379 e. The molecule has 0 saturated heterocycles. The Morgan fingerprint density at radius 3 is 2.44 bits per heavy atom. The van der Waals surface area contributed by atoms with Crippen molar-refractivity contribution in [1.82, 2.24) is 14.9 Å². The van der Waals surface area contributed by atoms with Gasteiger partial charge in [-0.2, -0.15) is 0 Å². The lowest BCUT2D eigenvalue weighted by molar-refractivity contribution is 0.230. The molecule has 7 heteroatoms. The van der Waals surface area contributed by atoms with Crippen LogP contribution >= 0.6 is 0 Å². The maximum absolute atomic E-state index is 11.9. The number of carbonyl (C=O) groups excluding carboxylic acids is 1. The summed E-state index contributed by atoms with van der Waals surface area (Å²) in [4.78, 5) is 24.2. The summed E-state index contributed by atoms with van der Waals surface area (Å²) in [6, 6.07) is 7.70. The van der Waals surface area contributed by atoms with Crippen LogP contribution < -0.4 is 15.5 Å². The van der Waals surface area contributed by atoms with E-state index in [-0.39, 0.29) is 6.03 Å². The maximum atomic E-state index is 11.9. The number of aromatic nitrogens is 2. The van der Waals surface area contributed by atoms with Gasteiger partial charge >= 0.3 is 6.03 Å². The van der Waals surface area contributed by atoms with Crippen LogP contribution in [0.25, 0.3) is 0 Å². The van der Waals surface area contributed by atoms with E-state index in [1.54, 1.807) is 14.1 Å². The number of nitrogens with zero attached hydrogens (tertiary/aromatic N) is 4. The minimum atomic E-state index is -0.151. The molecule has 0 bridgehead atoms. The Labute approximate surface area is 149 Å². The normalized spacial score (nSPS) is 10.3. The van der Waals surface area contributed by atoms with Crippen molar-refractivity contribution < 1.29 is 4.79 Å². The predicted molar refractivity (Wildman–Crippen MR) is 102 cm³/mol. The molecule has 134 valence electrons. The molecule has 0 atom stereocenters. The molecule has 0 aliphatic rings. The van der Waals surface area contributed by atoms with Crippen LogP contribution in [0.5, 0.6) is 0 Å². The molecule has 0 aliphatic heterocycles. The van der Waals surface area contributed by atoms with Crippen LogP contribution in [0, 0.1) is 13.8 Å². The molecule has 25 heavy (non-hydrogen) atoms. The fourth-order valence-electron chi connectivity index (χ4n) is 2.19. The molecule has 2 aromatic rings. The van der Waals surface area contributed by atoms with E-state index in [4.69, 9.17) is 0 Å². The molecule has 0 aliphatic carbocycles. The molecular formula is C18H26N6O. The molecule has 7 nitrogen and oxygen atoms in total. The number of aryl methyl sites for hydroxylation is 2. The molecule has 1 aromatic carbocycles. The van der Waals surface area contributed by atoms with Gasteiger partial charge in [0.2, 0.25) is 5.95 Å². The summed E-state index contributed by atoms with van der Waals surface area (Å²) < 4.78 is 0. The monoisotopic (exact) mass is 342 g/mol. The fourth-order valence-corrected chi connectivity index (χ4v) is 2.19. The van der Waals surface area contributed by atoms with Crippen LogP contribution in [-0.4, -0.2) is 49.1 Å². The second-order valence-electron chi connectivity index (χ2n) is 6.40. The standard InChI is InChI=1S/C18H26N6O/c1-12-7-8-14(10-16(12)22-18(25)24(5)6)19-11-15-9-13(2)20-17(21-15)23(3)4/h7-10,19H,11H2,1-6H3,(H,22,25). The minimum absolute atomic E-state index is 0.151. The third-order valence-electron chi connectivity index (χ3n) is 3.65. The Balaban J connectivity index is 2.12. The number of nitrogens with one attached hydrogen (secondary N) is 2. The third-order valence-corrected chi connectivity index (χ3v) is 3.65. The van der Waals surface area contributed by atoms with Crippen molar-refractivity contribution in [3.05, 3.63) is 41.2 Å². The number of anilines is 3. The molecule has 0 spiro atoms. The summed E-state index contributed by atoms with van der Waals surface area (Å²) in [7, 11) is 7.27. The van der Waals surface area contributed by atoms with Gasteiger partial charge in [0.15, 0.2) is 0 Å². The summed E-state index contributed by atoms with van der Waals surface area (Å²) in [5.41, 5.74) is 4.56. The SMILES string of the molecule is Cc1cc(CNc2ccc(C)c(NC(=O)N(C)C)c2)nc(N(C)C)n1. The maximum Gasteiger partial charge on any atom is 0.321 e. The van der Waals surface area contributed by atoms with Crippen molar-refractivity contribution in [3.63, 3.8) is 0 Å². The van der Waals surface area contributed by atoms with Crippen molar-refractivity contribution >= 4 is 23.4 Å². The van der Waals surface area contributed by atoms with E-state index in [2.05, 4.69) is 20.6 Å². The smallest absolute Gasteiger partial charge is 0.321 e. The number of benzene rings is 1. The van der Waals surface area contributed by atoms with Gasteiger partial charge < -0.3 is 20.4 Å². The molecular weight excluding hydrogens is 316 g/mol. The second kappa shape index (κ2) is 7.83. The molecule has 2 rings (SSSR count). The first-order valence-electron chi connectivity index (χ1n) is 8.11. The highest BCUT2D eigenvalue weighted by Gasteiger charge is 2.08. The fraction of sp³-hybridized carbons (Fsp3) is 0.389. The van der Waals surface area contributed by atoms with Crippen LogP contribution in [0.15, 0.2) is 24.3 Å². The lowest BCUT2D eigenvalue weighted by Gasteiger charge is -2.16. The van der Waals surface area contributed by atoms with Crippen LogP contribution in [0.3, 0.4) is 0 Å².